The second kappa shape index (κ2) is 9.77. The smallest absolute Gasteiger partial charge is 0.242 e. The van der Waals surface area contributed by atoms with E-state index in [1.165, 1.54) is 25.1 Å². The fourth-order valence-corrected chi connectivity index (χ4v) is 3.86. The van der Waals surface area contributed by atoms with Gasteiger partial charge in [0.15, 0.2) is 0 Å². The highest BCUT2D eigenvalue weighted by molar-refractivity contribution is 7.89. The number of hydrogen-bond donors (Lipinski definition) is 2. The first-order chi connectivity index (χ1) is 13.3. The molecule has 28 heavy (non-hydrogen) atoms. The molecule has 0 saturated carbocycles. The quantitative estimate of drug-likeness (QED) is 0.640. The van der Waals surface area contributed by atoms with Gasteiger partial charge in [0.05, 0.1) is 29.2 Å². The lowest BCUT2D eigenvalue weighted by Crippen LogP contribution is -2.41. The van der Waals surface area contributed by atoms with Crippen molar-refractivity contribution >= 4 is 33.2 Å². The number of carbonyl (C=O) groups is 1. The monoisotopic (exact) mass is 426 g/mol. The third kappa shape index (κ3) is 5.85. The summed E-state index contributed by atoms with van der Waals surface area (Å²) in [6, 6.07) is 9.92. The van der Waals surface area contributed by atoms with E-state index in [1.807, 2.05) is 6.92 Å². The summed E-state index contributed by atoms with van der Waals surface area (Å²) in [5.74, 6) is 0.579. The molecule has 0 unspecified atom stereocenters. The second-order valence-corrected chi connectivity index (χ2v) is 7.94. The molecule has 152 valence electrons. The summed E-state index contributed by atoms with van der Waals surface area (Å²) in [4.78, 5) is 12.3. The van der Waals surface area contributed by atoms with Crippen molar-refractivity contribution in [2.24, 2.45) is 0 Å². The third-order valence-corrected chi connectivity index (χ3v) is 5.51. The normalized spacial score (nSPS) is 12.3. The van der Waals surface area contributed by atoms with Crippen LogP contribution >= 0.6 is 11.6 Å². The van der Waals surface area contributed by atoms with Crippen molar-refractivity contribution < 1.29 is 22.7 Å². The molecule has 0 radical (unpaired) electrons. The standard InChI is InChI=1S/C19H23ClN2O5S/c1-4-26-15-8-6-14(7-9-15)21-19(23)13(3)22-28(24,25)16-10-11-18(27-5-2)17(20)12-16/h6-13,22H,4-5H2,1-3H3,(H,21,23)/t13-/m1/s1. The topological polar surface area (TPSA) is 93.7 Å². The van der Waals surface area contributed by atoms with Gasteiger partial charge in [-0.25, -0.2) is 8.42 Å². The largest absolute Gasteiger partial charge is 0.494 e. The summed E-state index contributed by atoms with van der Waals surface area (Å²) in [6.07, 6.45) is 0. The van der Waals surface area contributed by atoms with Gasteiger partial charge in [0.2, 0.25) is 15.9 Å². The molecule has 0 aliphatic rings. The third-order valence-electron chi connectivity index (χ3n) is 3.67. The Hall–Kier alpha value is -2.29. The van der Waals surface area contributed by atoms with Gasteiger partial charge in [-0.1, -0.05) is 11.6 Å². The summed E-state index contributed by atoms with van der Waals surface area (Å²) in [5.41, 5.74) is 0.531. The zero-order chi connectivity index (χ0) is 20.7. The van der Waals surface area contributed by atoms with Gasteiger partial charge in [-0.05, 0) is 63.2 Å². The molecule has 0 spiro atoms. The zero-order valence-corrected chi connectivity index (χ0v) is 17.4. The molecule has 2 rings (SSSR count). The average molecular weight is 427 g/mol. The van der Waals surface area contributed by atoms with Crippen molar-refractivity contribution in [2.75, 3.05) is 18.5 Å². The molecule has 0 saturated heterocycles. The van der Waals surface area contributed by atoms with Gasteiger partial charge in [0, 0.05) is 5.69 Å². The molecular weight excluding hydrogens is 404 g/mol. The molecule has 0 aliphatic carbocycles. The maximum absolute atomic E-state index is 12.5. The molecule has 0 aromatic heterocycles. The number of amides is 1. The van der Waals surface area contributed by atoms with E-state index in [-0.39, 0.29) is 9.92 Å². The van der Waals surface area contributed by atoms with Crippen LogP contribution in [-0.4, -0.2) is 33.6 Å². The number of anilines is 1. The van der Waals surface area contributed by atoms with Crippen LogP contribution in [0.25, 0.3) is 0 Å². The minimum absolute atomic E-state index is 0.0540. The van der Waals surface area contributed by atoms with E-state index in [9.17, 15) is 13.2 Å². The van der Waals surface area contributed by atoms with E-state index in [4.69, 9.17) is 21.1 Å². The highest BCUT2D eigenvalue weighted by atomic mass is 35.5. The molecular formula is C19H23ClN2O5S. The fourth-order valence-electron chi connectivity index (χ4n) is 2.33. The lowest BCUT2D eigenvalue weighted by molar-refractivity contribution is -0.117. The first-order valence-corrected chi connectivity index (χ1v) is 10.6. The maximum atomic E-state index is 12.5. The Morgan fingerprint density at radius 2 is 1.71 bits per heavy atom. The summed E-state index contributed by atoms with van der Waals surface area (Å²) in [6.45, 7) is 6.08. The van der Waals surface area contributed by atoms with Crippen LogP contribution in [0.4, 0.5) is 5.69 Å². The highest BCUT2D eigenvalue weighted by Gasteiger charge is 2.23. The number of ether oxygens (including phenoxy) is 2. The Kier molecular flexibility index (Phi) is 7.68. The number of hydrogen-bond acceptors (Lipinski definition) is 5. The van der Waals surface area contributed by atoms with Gasteiger partial charge in [0.1, 0.15) is 11.5 Å². The number of halogens is 1. The first-order valence-electron chi connectivity index (χ1n) is 8.75. The van der Waals surface area contributed by atoms with Gasteiger partial charge in [-0.3, -0.25) is 4.79 Å². The van der Waals surface area contributed by atoms with Crippen LogP contribution < -0.4 is 19.5 Å². The Bertz CT molecular complexity index is 916. The van der Waals surface area contributed by atoms with E-state index in [0.717, 1.165) is 0 Å². The van der Waals surface area contributed by atoms with Crippen LogP contribution in [0, 0.1) is 0 Å². The Morgan fingerprint density at radius 3 is 2.29 bits per heavy atom. The first kappa shape index (κ1) is 22.0. The van der Waals surface area contributed by atoms with Gasteiger partial charge >= 0.3 is 0 Å². The number of benzene rings is 2. The van der Waals surface area contributed by atoms with Crippen LogP contribution in [0.15, 0.2) is 47.4 Å². The molecule has 0 heterocycles. The van der Waals surface area contributed by atoms with Crippen molar-refractivity contribution in [1.82, 2.24) is 4.72 Å². The number of sulfonamides is 1. The van der Waals surface area contributed by atoms with Gasteiger partial charge in [0.25, 0.3) is 0 Å². The second-order valence-electron chi connectivity index (χ2n) is 5.81. The van der Waals surface area contributed by atoms with E-state index in [0.29, 0.717) is 30.4 Å². The SMILES string of the molecule is CCOc1ccc(NC(=O)[C@@H](C)NS(=O)(=O)c2ccc(OCC)c(Cl)c2)cc1. The van der Waals surface area contributed by atoms with Crippen LogP contribution in [0.3, 0.4) is 0 Å². The zero-order valence-electron chi connectivity index (χ0n) is 15.9. The van der Waals surface area contributed by atoms with Crippen LogP contribution in [0.2, 0.25) is 5.02 Å². The molecule has 7 nitrogen and oxygen atoms in total. The Balaban J connectivity index is 2.04. The summed E-state index contributed by atoms with van der Waals surface area (Å²) in [5, 5.41) is 2.83. The highest BCUT2D eigenvalue weighted by Crippen LogP contribution is 2.27. The summed E-state index contributed by atoms with van der Waals surface area (Å²) in [7, 11) is -3.94. The molecule has 0 fully saturated rings. The molecule has 1 amide bonds. The van der Waals surface area contributed by atoms with E-state index < -0.39 is 22.0 Å². The molecule has 0 aliphatic heterocycles. The molecule has 0 bridgehead atoms. The van der Waals surface area contributed by atoms with Crippen LogP contribution in [0.1, 0.15) is 20.8 Å². The van der Waals surface area contributed by atoms with Crippen molar-refractivity contribution in [1.29, 1.82) is 0 Å². The fraction of sp³-hybridized carbons (Fsp3) is 0.316. The van der Waals surface area contributed by atoms with Crippen LogP contribution in [-0.2, 0) is 14.8 Å². The predicted molar refractivity (Wildman–Crippen MR) is 109 cm³/mol. The maximum Gasteiger partial charge on any atom is 0.242 e. The molecule has 9 heteroatoms. The minimum atomic E-state index is -3.94. The van der Waals surface area contributed by atoms with Gasteiger partial charge in [-0.15, -0.1) is 0 Å². The lowest BCUT2D eigenvalue weighted by Gasteiger charge is -2.15. The molecule has 2 aromatic rings. The van der Waals surface area contributed by atoms with E-state index >= 15 is 0 Å². The Morgan fingerprint density at radius 1 is 1.07 bits per heavy atom. The number of carbonyl (C=O) groups excluding carboxylic acids is 1. The molecule has 2 N–H and O–H groups in total. The average Bonchev–Trinajstić information content (AvgIpc) is 2.65. The van der Waals surface area contributed by atoms with Crippen molar-refractivity contribution in [3.8, 4) is 11.5 Å². The van der Waals surface area contributed by atoms with Crippen molar-refractivity contribution in [3.63, 3.8) is 0 Å². The lowest BCUT2D eigenvalue weighted by atomic mass is 10.2. The van der Waals surface area contributed by atoms with Gasteiger partial charge in [-0.2, -0.15) is 4.72 Å². The van der Waals surface area contributed by atoms with Crippen LogP contribution in [0.5, 0.6) is 11.5 Å². The van der Waals surface area contributed by atoms with Crippen molar-refractivity contribution in [3.05, 3.63) is 47.5 Å². The van der Waals surface area contributed by atoms with Crippen molar-refractivity contribution in [2.45, 2.75) is 31.7 Å². The number of nitrogens with one attached hydrogen (secondary N) is 2. The minimum Gasteiger partial charge on any atom is -0.494 e. The Labute approximate surface area is 170 Å². The number of rotatable bonds is 9. The molecule has 2 aromatic carbocycles. The molecule has 1 atom stereocenters. The summed E-state index contributed by atoms with van der Waals surface area (Å²) >= 11 is 6.05. The van der Waals surface area contributed by atoms with E-state index in [1.54, 1.807) is 31.2 Å². The van der Waals surface area contributed by atoms with E-state index in [2.05, 4.69) is 10.0 Å². The summed E-state index contributed by atoms with van der Waals surface area (Å²) < 4.78 is 38.0. The van der Waals surface area contributed by atoms with Gasteiger partial charge < -0.3 is 14.8 Å². The predicted octanol–water partition coefficient (Wildman–Crippen LogP) is 3.44.